The van der Waals surface area contributed by atoms with Crippen molar-refractivity contribution in [1.82, 2.24) is 5.32 Å². The summed E-state index contributed by atoms with van der Waals surface area (Å²) >= 11 is 18.8. The molecule has 1 saturated heterocycles. The summed E-state index contributed by atoms with van der Waals surface area (Å²) in [5.41, 5.74) is 3.09. The molecule has 1 aliphatic rings. The maximum absolute atomic E-state index is 12.6. The average molecular weight is 474 g/mol. The van der Waals surface area contributed by atoms with Crippen LogP contribution >= 0.6 is 34.8 Å². The van der Waals surface area contributed by atoms with Gasteiger partial charge in [-0.25, -0.2) is 0 Å². The molecule has 1 N–H and O–H groups in total. The summed E-state index contributed by atoms with van der Waals surface area (Å²) in [6.07, 6.45) is 2.00. The van der Waals surface area contributed by atoms with Gasteiger partial charge in [0.25, 0.3) is 0 Å². The van der Waals surface area contributed by atoms with E-state index in [1.807, 2.05) is 66.7 Å². The van der Waals surface area contributed by atoms with Gasteiger partial charge in [-0.2, -0.15) is 0 Å². The Morgan fingerprint density at radius 1 is 0.935 bits per heavy atom. The van der Waals surface area contributed by atoms with Crippen molar-refractivity contribution in [3.05, 3.63) is 99.0 Å². The van der Waals surface area contributed by atoms with E-state index in [0.29, 0.717) is 21.5 Å². The number of hydrogen-bond acceptors (Lipinski definition) is 2. The second-order valence-corrected chi connectivity index (χ2v) is 9.09. The molecule has 0 radical (unpaired) electrons. The van der Waals surface area contributed by atoms with E-state index < -0.39 is 0 Å². The van der Waals surface area contributed by atoms with E-state index in [0.717, 1.165) is 36.2 Å². The lowest BCUT2D eigenvalue weighted by atomic mass is 9.91. The van der Waals surface area contributed by atoms with Crippen molar-refractivity contribution in [3.8, 4) is 0 Å². The smallest absolute Gasteiger partial charge is 0.224 e. The minimum absolute atomic E-state index is 0.0454. The molecule has 2 unspecified atom stereocenters. The third-order valence-electron chi connectivity index (χ3n) is 5.65. The predicted molar refractivity (Wildman–Crippen MR) is 129 cm³/mol. The first-order valence-electron chi connectivity index (χ1n) is 10.3. The number of rotatable bonds is 5. The minimum Gasteiger partial charge on any atom is -0.363 e. The number of anilines is 1. The predicted octanol–water partition coefficient (Wildman–Crippen LogP) is 6.72. The van der Waals surface area contributed by atoms with Gasteiger partial charge in [0.15, 0.2) is 0 Å². The normalized spacial score (nSPS) is 18.6. The summed E-state index contributed by atoms with van der Waals surface area (Å²) < 4.78 is 0. The van der Waals surface area contributed by atoms with Gasteiger partial charge in [0, 0.05) is 22.6 Å². The molecule has 1 fully saturated rings. The summed E-state index contributed by atoms with van der Waals surface area (Å²) in [7, 11) is 0. The Kier molecular flexibility index (Phi) is 7.06. The van der Waals surface area contributed by atoms with Crippen LogP contribution in [0.4, 0.5) is 5.69 Å². The number of benzene rings is 3. The van der Waals surface area contributed by atoms with Crippen LogP contribution in [-0.2, 0) is 11.2 Å². The maximum atomic E-state index is 12.6. The molecule has 0 spiro atoms. The standard InChI is InChI=1S/C25H23Cl3N2O/c26-19-8-6-18(7-9-19)24-16-21(29-25(31)14-17-4-2-1-3-5-17)12-13-30(24)23-11-10-20(27)15-22(23)28/h1-11,15,21,24H,12-14,16H2,(H,29,31). The molecule has 0 aromatic heterocycles. The number of amides is 1. The van der Waals surface area contributed by atoms with Crippen LogP contribution in [0.3, 0.4) is 0 Å². The van der Waals surface area contributed by atoms with Crippen molar-refractivity contribution >= 4 is 46.4 Å². The fourth-order valence-electron chi connectivity index (χ4n) is 4.16. The van der Waals surface area contributed by atoms with Crippen LogP contribution in [-0.4, -0.2) is 18.5 Å². The quantitative estimate of drug-likeness (QED) is 0.446. The van der Waals surface area contributed by atoms with E-state index in [1.54, 1.807) is 6.07 Å². The number of carbonyl (C=O) groups is 1. The molecule has 31 heavy (non-hydrogen) atoms. The van der Waals surface area contributed by atoms with E-state index in [4.69, 9.17) is 34.8 Å². The van der Waals surface area contributed by atoms with Crippen LogP contribution in [0.2, 0.25) is 15.1 Å². The molecule has 3 aromatic rings. The third-order valence-corrected chi connectivity index (χ3v) is 6.44. The third kappa shape index (κ3) is 5.54. The Morgan fingerprint density at radius 2 is 1.65 bits per heavy atom. The van der Waals surface area contributed by atoms with Gasteiger partial charge in [-0.3, -0.25) is 4.79 Å². The highest BCUT2D eigenvalue weighted by molar-refractivity contribution is 6.36. The SMILES string of the molecule is O=C(Cc1ccccc1)NC1CCN(c2ccc(Cl)cc2Cl)C(c2ccc(Cl)cc2)C1. The lowest BCUT2D eigenvalue weighted by Crippen LogP contribution is -2.46. The first kappa shape index (κ1) is 22.0. The molecule has 160 valence electrons. The number of nitrogens with zero attached hydrogens (tertiary/aromatic N) is 1. The van der Waals surface area contributed by atoms with Gasteiger partial charge in [-0.05, 0) is 54.3 Å². The molecule has 6 heteroatoms. The molecule has 1 aliphatic heterocycles. The van der Waals surface area contributed by atoms with E-state index >= 15 is 0 Å². The van der Waals surface area contributed by atoms with E-state index in [2.05, 4.69) is 10.2 Å². The van der Waals surface area contributed by atoms with Gasteiger partial charge in [0.2, 0.25) is 5.91 Å². The largest absolute Gasteiger partial charge is 0.363 e. The molecule has 0 saturated carbocycles. The Balaban J connectivity index is 1.54. The van der Waals surface area contributed by atoms with Crippen LogP contribution in [0, 0.1) is 0 Å². The Morgan fingerprint density at radius 3 is 2.35 bits per heavy atom. The molecule has 4 rings (SSSR count). The van der Waals surface area contributed by atoms with Crippen molar-refractivity contribution in [1.29, 1.82) is 0 Å². The molecule has 3 nitrogen and oxygen atoms in total. The Hall–Kier alpha value is -2.20. The highest BCUT2D eigenvalue weighted by atomic mass is 35.5. The lowest BCUT2D eigenvalue weighted by Gasteiger charge is -2.42. The fraction of sp³-hybridized carbons (Fsp3) is 0.240. The topological polar surface area (TPSA) is 32.3 Å². The van der Waals surface area contributed by atoms with Crippen LogP contribution in [0.15, 0.2) is 72.8 Å². The highest BCUT2D eigenvalue weighted by Crippen LogP contribution is 2.39. The van der Waals surface area contributed by atoms with Crippen molar-refractivity contribution in [2.45, 2.75) is 31.3 Å². The first-order valence-corrected chi connectivity index (χ1v) is 11.4. The summed E-state index contributed by atoms with van der Waals surface area (Å²) in [6.45, 7) is 0.769. The fourth-order valence-corrected chi connectivity index (χ4v) is 4.80. The first-order chi connectivity index (χ1) is 15.0. The molecular formula is C25H23Cl3N2O. The molecule has 1 heterocycles. The average Bonchev–Trinajstić information content (AvgIpc) is 2.75. The zero-order valence-corrected chi connectivity index (χ0v) is 19.2. The van der Waals surface area contributed by atoms with Crippen molar-refractivity contribution < 1.29 is 4.79 Å². The van der Waals surface area contributed by atoms with Gasteiger partial charge in [-0.15, -0.1) is 0 Å². The van der Waals surface area contributed by atoms with Crippen molar-refractivity contribution in [3.63, 3.8) is 0 Å². The number of carbonyl (C=O) groups excluding carboxylic acids is 1. The van der Waals surface area contributed by atoms with E-state index in [1.165, 1.54) is 0 Å². The lowest BCUT2D eigenvalue weighted by molar-refractivity contribution is -0.121. The number of hydrogen-bond donors (Lipinski definition) is 1. The Labute approximate surface area is 197 Å². The highest BCUT2D eigenvalue weighted by Gasteiger charge is 2.31. The van der Waals surface area contributed by atoms with Gasteiger partial charge in [-0.1, -0.05) is 77.3 Å². The molecule has 2 atom stereocenters. The molecule has 0 aliphatic carbocycles. The van der Waals surface area contributed by atoms with Gasteiger partial charge < -0.3 is 10.2 Å². The number of nitrogens with one attached hydrogen (secondary N) is 1. The van der Waals surface area contributed by atoms with Crippen LogP contribution < -0.4 is 10.2 Å². The maximum Gasteiger partial charge on any atom is 0.224 e. The van der Waals surface area contributed by atoms with E-state index in [9.17, 15) is 4.79 Å². The molecule has 0 bridgehead atoms. The monoisotopic (exact) mass is 472 g/mol. The zero-order valence-electron chi connectivity index (χ0n) is 16.9. The second-order valence-electron chi connectivity index (χ2n) is 7.81. The summed E-state index contributed by atoms with van der Waals surface area (Å²) in [5.74, 6) is 0.0454. The van der Waals surface area contributed by atoms with Crippen LogP contribution in [0.5, 0.6) is 0 Å². The molecule has 3 aromatic carbocycles. The number of piperidine rings is 1. The van der Waals surface area contributed by atoms with Gasteiger partial charge in [0.1, 0.15) is 0 Å². The summed E-state index contributed by atoms with van der Waals surface area (Å²) in [5, 5.41) is 5.16. The van der Waals surface area contributed by atoms with Crippen molar-refractivity contribution in [2.24, 2.45) is 0 Å². The molecule has 1 amide bonds. The zero-order chi connectivity index (χ0) is 21.8. The summed E-state index contributed by atoms with van der Waals surface area (Å²) in [4.78, 5) is 14.9. The van der Waals surface area contributed by atoms with Gasteiger partial charge >= 0.3 is 0 Å². The van der Waals surface area contributed by atoms with Gasteiger partial charge in [0.05, 0.1) is 23.2 Å². The van der Waals surface area contributed by atoms with Crippen LogP contribution in [0.1, 0.15) is 30.0 Å². The van der Waals surface area contributed by atoms with Crippen molar-refractivity contribution in [2.75, 3.05) is 11.4 Å². The number of halogens is 3. The summed E-state index contributed by atoms with van der Waals surface area (Å²) in [6, 6.07) is 23.4. The van der Waals surface area contributed by atoms with E-state index in [-0.39, 0.29) is 18.0 Å². The Bertz CT molecular complexity index is 1040. The minimum atomic E-state index is 0.0454. The van der Waals surface area contributed by atoms with Crippen LogP contribution in [0.25, 0.3) is 0 Å². The second kappa shape index (κ2) is 9.95. The molecular weight excluding hydrogens is 451 g/mol.